The van der Waals surface area contributed by atoms with E-state index in [2.05, 4.69) is 16.4 Å². The van der Waals surface area contributed by atoms with Gasteiger partial charge in [0.1, 0.15) is 5.15 Å². The molecule has 21 heavy (non-hydrogen) atoms. The lowest BCUT2D eigenvalue weighted by atomic mass is 10.1. The molecule has 0 saturated heterocycles. The second-order valence-electron chi connectivity index (χ2n) is 5.27. The molecule has 1 heterocycles. The number of rotatable bonds is 4. The molecule has 1 aliphatic carbocycles. The second kappa shape index (κ2) is 6.27. The number of aromatic nitrogens is 1. The number of fused-ring (bicyclic) bond motifs is 1. The van der Waals surface area contributed by atoms with Crippen LogP contribution < -0.4 is 5.32 Å². The van der Waals surface area contributed by atoms with Crippen molar-refractivity contribution in [2.24, 2.45) is 0 Å². The van der Waals surface area contributed by atoms with Gasteiger partial charge in [-0.2, -0.15) is 0 Å². The summed E-state index contributed by atoms with van der Waals surface area (Å²) < 4.78 is 0. The number of para-hydroxylation sites is 1. The van der Waals surface area contributed by atoms with Crippen LogP contribution in [-0.4, -0.2) is 17.4 Å². The number of nitrogens with zero attached hydrogens (tertiary/aromatic N) is 1. The fourth-order valence-corrected chi connectivity index (χ4v) is 2.93. The summed E-state index contributed by atoms with van der Waals surface area (Å²) in [5, 5.41) is 4.16. The van der Waals surface area contributed by atoms with Crippen molar-refractivity contribution in [1.29, 1.82) is 0 Å². The molecule has 0 atom stereocenters. The van der Waals surface area contributed by atoms with E-state index in [9.17, 15) is 4.79 Å². The van der Waals surface area contributed by atoms with Crippen LogP contribution in [-0.2, 0) is 0 Å². The van der Waals surface area contributed by atoms with E-state index in [0.29, 0.717) is 17.3 Å². The van der Waals surface area contributed by atoms with Crippen molar-refractivity contribution in [2.45, 2.75) is 25.7 Å². The van der Waals surface area contributed by atoms with E-state index >= 15 is 0 Å². The summed E-state index contributed by atoms with van der Waals surface area (Å²) in [5.74, 6) is -0.0888. The minimum atomic E-state index is -0.0888. The van der Waals surface area contributed by atoms with Crippen LogP contribution in [0.4, 0.5) is 0 Å². The second-order valence-corrected chi connectivity index (χ2v) is 5.66. The van der Waals surface area contributed by atoms with Gasteiger partial charge >= 0.3 is 0 Å². The molecular weight excluding hydrogens is 284 g/mol. The third kappa shape index (κ3) is 3.24. The number of halogens is 1. The first-order valence-corrected chi connectivity index (χ1v) is 7.63. The molecule has 0 radical (unpaired) electrons. The Labute approximate surface area is 129 Å². The zero-order valence-electron chi connectivity index (χ0n) is 11.7. The molecule has 1 aliphatic rings. The molecule has 108 valence electrons. The highest BCUT2D eigenvalue weighted by Crippen LogP contribution is 2.22. The standard InChI is InChI=1S/C17H17ClN2O/c18-16-11-14(13-7-3-4-8-15(13)20-16)17(21)19-10-9-12-5-1-2-6-12/h3-5,7-8,11H,1-2,6,9-10H2,(H,19,21). The van der Waals surface area contributed by atoms with Gasteiger partial charge in [-0.1, -0.05) is 41.4 Å². The van der Waals surface area contributed by atoms with E-state index in [-0.39, 0.29) is 5.91 Å². The largest absolute Gasteiger partial charge is 0.352 e. The SMILES string of the molecule is O=C(NCCC1=CCCC1)c1cc(Cl)nc2ccccc12. The smallest absolute Gasteiger partial charge is 0.252 e. The fourth-order valence-electron chi connectivity index (χ4n) is 2.73. The van der Waals surface area contributed by atoms with Crippen LogP contribution in [0.2, 0.25) is 5.15 Å². The molecule has 1 aromatic carbocycles. The number of benzene rings is 1. The minimum absolute atomic E-state index is 0.0888. The van der Waals surface area contributed by atoms with E-state index in [1.165, 1.54) is 24.8 Å². The van der Waals surface area contributed by atoms with Gasteiger partial charge in [0.2, 0.25) is 0 Å². The van der Waals surface area contributed by atoms with Crippen LogP contribution in [0.5, 0.6) is 0 Å². The van der Waals surface area contributed by atoms with Crippen LogP contribution in [0.3, 0.4) is 0 Å². The average Bonchev–Trinajstić information content (AvgIpc) is 2.99. The van der Waals surface area contributed by atoms with Gasteiger partial charge in [-0.15, -0.1) is 0 Å². The van der Waals surface area contributed by atoms with E-state index < -0.39 is 0 Å². The van der Waals surface area contributed by atoms with E-state index in [0.717, 1.165) is 17.3 Å². The Kier molecular flexibility index (Phi) is 4.20. The molecule has 1 N–H and O–H groups in total. The Hall–Kier alpha value is -1.87. The molecule has 0 unspecified atom stereocenters. The summed E-state index contributed by atoms with van der Waals surface area (Å²) in [7, 11) is 0. The number of hydrogen-bond acceptors (Lipinski definition) is 2. The van der Waals surface area contributed by atoms with Gasteiger partial charge in [0.15, 0.2) is 0 Å². The maximum Gasteiger partial charge on any atom is 0.252 e. The molecule has 1 aromatic heterocycles. The summed E-state index contributed by atoms with van der Waals surface area (Å²) in [5.41, 5.74) is 2.78. The Morgan fingerprint density at radius 3 is 3.00 bits per heavy atom. The predicted molar refractivity (Wildman–Crippen MR) is 85.6 cm³/mol. The summed E-state index contributed by atoms with van der Waals surface area (Å²) in [4.78, 5) is 16.6. The molecule has 2 aromatic rings. The summed E-state index contributed by atoms with van der Waals surface area (Å²) in [6.07, 6.45) is 6.80. The highest BCUT2D eigenvalue weighted by Gasteiger charge is 2.12. The number of pyridine rings is 1. The first-order chi connectivity index (χ1) is 10.2. The van der Waals surface area contributed by atoms with Crippen molar-refractivity contribution in [2.75, 3.05) is 6.54 Å². The summed E-state index contributed by atoms with van der Waals surface area (Å²) in [6.45, 7) is 0.666. The third-order valence-electron chi connectivity index (χ3n) is 3.80. The van der Waals surface area contributed by atoms with Gasteiger partial charge in [-0.25, -0.2) is 4.98 Å². The minimum Gasteiger partial charge on any atom is -0.352 e. The predicted octanol–water partition coefficient (Wildman–Crippen LogP) is 4.12. The Morgan fingerprint density at radius 2 is 2.19 bits per heavy atom. The molecule has 0 saturated carbocycles. The molecule has 0 fully saturated rings. The molecule has 0 aliphatic heterocycles. The van der Waals surface area contributed by atoms with Crippen molar-refractivity contribution in [3.63, 3.8) is 0 Å². The number of carbonyl (C=O) groups excluding carboxylic acids is 1. The van der Waals surface area contributed by atoms with Gasteiger partial charge in [-0.05, 0) is 37.8 Å². The van der Waals surface area contributed by atoms with Crippen LogP contribution in [0, 0.1) is 0 Å². The Morgan fingerprint density at radius 1 is 1.33 bits per heavy atom. The van der Waals surface area contributed by atoms with Crippen molar-refractivity contribution < 1.29 is 4.79 Å². The van der Waals surface area contributed by atoms with Gasteiger partial charge in [0.05, 0.1) is 11.1 Å². The van der Waals surface area contributed by atoms with Gasteiger partial charge < -0.3 is 5.32 Å². The molecule has 0 bridgehead atoms. The lowest BCUT2D eigenvalue weighted by Gasteiger charge is -2.09. The maximum absolute atomic E-state index is 12.4. The topological polar surface area (TPSA) is 42.0 Å². The van der Waals surface area contributed by atoms with Gasteiger partial charge in [-0.3, -0.25) is 4.79 Å². The molecule has 4 heteroatoms. The first kappa shape index (κ1) is 14.1. The normalized spacial score (nSPS) is 14.2. The zero-order chi connectivity index (χ0) is 14.7. The molecular formula is C17H17ClN2O. The molecule has 3 rings (SSSR count). The summed E-state index contributed by atoms with van der Waals surface area (Å²) >= 11 is 6.01. The lowest BCUT2D eigenvalue weighted by molar-refractivity contribution is 0.0955. The Bertz CT molecular complexity index is 709. The summed E-state index contributed by atoms with van der Waals surface area (Å²) in [6, 6.07) is 9.18. The maximum atomic E-state index is 12.4. The first-order valence-electron chi connectivity index (χ1n) is 7.25. The zero-order valence-corrected chi connectivity index (χ0v) is 12.5. The number of carbonyl (C=O) groups is 1. The van der Waals surface area contributed by atoms with Crippen LogP contribution in [0.1, 0.15) is 36.0 Å². The van der Waals surface area contributed by atoms with Gasteiger partial charge in [0.25, 0.3) is 5.91 Å². The van der Waals surface area contributed by atoms with Crippen LogP contribution in [0.15, 0.2) is 42.0 Å². The Balaban J connectivity index is 1.74. The monoisotopic (exact) mass is 300 g/mol. The van der Waals surface area contributed by atoms with Gasteiger partial charge in [0, 0.05) is 11.9 Å². The van der Waals surface area contributed by atoms with E-state index in [1.54, 1.807) is 6.07 Å². The van der Waals surface area contributed by atoms with Crippen molar-refractivity contribution in [3.8, 4) is 0 Å². The van der Waals surface area contributed by atoms with Crippen molar-refractivity contribution in [3.05, 3.63) is 52.7 Å². The quantitative estimate of drug-likeness (QED) is 0.682. The van der Waals surface area contributed by atoms with Crippen LogP contribution >= 0.6 is 11.6 Å². The lowest BCUT2D eigenvalue weighted by Crippen LogP contribution is -2.25. The number of hydrogen-bond donors (Lipinski definition) is 1. The highest BCUT2D eigenvalue weighted by molar-refractivity contribution is 6.30. The van der Waals surface area contributed by atoms with Crippen molar-refractivity contribution in [1.82, 2.24) is 10.3 Å². The van der Waals surface area contributed by atoms with E-state index in [4.69, 9.17) is 11.6 Å². The fraction of sp³-hybridized carbons (Fsp3) is 0.294. The number of nitrogens with one attached hydrogen (secondary N) is 1. The third-order valence-corrected chi connectivity index (χ3v) is 3.99. The van der Waals surface area contributed by atoms with Crippen LogP contribution in [0.25, 0.3) is 10.9 Å². The highest BCUT2D eigenvalue weighted by atomic mass is 35.5. The molecule has 3 nitrogen and oxygen atoms in total. The average molecular weight is 301 g/mol. The molecule has 1 amide bonds. The van der Waals surface area contributed by atoms with Crippen molar-refractivity contribution >= 4 is 28.4 Å². The molecule has 0 spiro atoms. The van der Waals surface area contributed by atoms with E-state index in [1.807, 2.05) is 24.3 Å². The number of allylic oxidation sites excluding steroid dienone is 1. The number of amides is 1.